The topological polar surface area (TPSA) is 219 Å². The monoisotopic (exact) mass is 431 g/mol. The van der Waals surface area contributed by atoms with Crippen LogP contribution in [0, 0.1) is 0 Å². The largest absolute Gasteiger partial charge is 0.679 e. The van der Waals surface area contributed by atoms with Crippen LogP contribution in [0.1, 0.15) is 0 Å². The second-order valence-corrected chi connectivity index (χ2v) is 4.78. The Morgan fingerprint density at radius 2 is 1.18 bits per heavy atom. The number of anilines is 2. The molecule has 155 valence electrons. The number of nitrogens with two attached hydrogens (primary N) is 2. The molecule has 28 heavy (non-hydrogen) atoms. The van der Waals surface area contributed by atoms with E-state index in [9.17, 15) is 0 Å². The molecule has 6 N–H and O–H groups in total. The smallest absolute Gasteiger partial charge is 0.134 e. The minimum atomic E-state index is 0. The standard InChI is InChI=1S/2C5H4N5.C4H10N3.Cu/c2*6-4-3-5(9-1-7-3)10-2-8-4;5-1-3-7-4-2-6;/h2*1-2H,(H2-,6,7,8,9,10);5-6H,1-4H2;/q2*-1;-3;. The summed E-state index contributed by atoms with van der Waals surface area (Å²) in [4.78, 5) is 30.6. The minimum Gasteiger partial charge on any atom is -0.679 e. The molecule has 14 heteroatoms. The predicted octanol–water partition coefficient (Wildman–Crippen LogP) is 0.590. The number of nitrogens with one attached hydrogen (secondary N) is 2. The van der Waals surface area contributed by atoms with Crippen molar-refractivity contribution in [1.82, 2.24) is 39.9 Å². The van der Waals surface area contributed by atoms with Gasteiger partial charge < -0.3 is 58.2 Å². The molecule has 4 aromatic heterocycles. The minimum absolute atomic E-state index is 0. The summed E-state index contributed by atoms with van der Waals surface area (Å²) in [5, 5.41) is 3.83. The molecule has 0 saturated carbocycles. The average molecular weight is 432 g/mol. The molecule has 0 atom stereocenters. The Morgan fingerprint density at radius 3 is 1.54 bits per heavy atom. The fourth-order valence-corrected chi connectivity index (χ4v) is 1.75. The first-order valence-corrected chi connectivity index (χ1v) is 7.77. The normalized spacial score (nSPS) is 9.79. The van der Waals surface area contributed by atoms with E-state index in [0.717, 1.165) is 0 Å². The number of hydrogen-bond acceptors (Lipinski definition) is 8. The third-order valence-electron chi connectivity index (χ3n) is 2.94. The van der Waals surface area contributed by atoms with E-state index < -0.39 is 0 Å². The number of hydrogen-bond donors (Lipinski definition) is 2. The van der Waals surface area contributed by atoms with Gasteiger partial charge >= 0.3 is 0 Å². The third-order valence-corrected chi connectivity index (χ3v) is 2.94. The first kappa shape index (κ1) is 23.1. The fourth-order valence-electron chi connectivity index (χ4n) is 1.75. The Balaban J connectivity index is 0.000000211. The van der Waals surface area contributed by atoms with Gasteiger partial charge in [-0.15, -0.1) is 0 Å². The van der Waals surface area contributed by atoms with Gasteiger partial charge in [0.2, 0.25) is 0 Å². The zero-order valence-electron chi connectivity index (χ0n) is 14.6. The van der Waals surface area contributed by atoms with Gasteiger partial charge in [-0.1, -0.05) is 0 Å². The molecule has 4 rings (SSSR count). The predicted molar refractivity (Wildman–Crippen MR) is 102 cm³/mol. The Labute approximate surface area is 171 Å². The van der Waals surface area contributed by atoms with Crippen molar-refractivity contribution >= 4 is 34.0 Å². The van der Waals surface area contributed by atoms with Crippen molar-refractivity contribution in [3.8, 4) is 0 Å². The van der Waals surface area contributed by atoms with Crippen LogP contribution in [0.3, 0.4) is 0 Å². The zero-order chi connectivity index (χ0) is 19.5. The van der Waals surface area contributed by atoms with Gasteiger partial charge in [0.15, 0.2) is 0 Å². The van der Waals surface area contributed by atoms with Crippen LogP contribution in [-0.2, 0) is 17.1 Å². The Morgan fingerprint density at radius 1 is 0.750 bits per heavy atom. The summed E-state index contributed by atoms with van der Waals surface area (Å²) in [5.74, 6) is 0.755. The van der Waals surface area contributed by atoms with Crippen molar-refractivity contribution in [1.29, 1.82) is 0 Å². The van der Waals surface area contributed by atoms with Crippen LogP contribution in [-0.4, -0.2) is 56.1 Å². The number of aromatic nitrogens is 8. The summed E-state index contributed by atoms with van der Waals surface area (Å²) >= 11 is 0. The maximum atomic E-state index is 6.63. The molecule has 0 aromatic carbocycles. The van der Waals surface area contributed by atoms with Gasteiger partial charge in [0.05, 0.1) is 0 Å². The molecule has 0 amide bonds. The van der Waals surface area contributed by atoms with Crippen molar-refractivity contribution in [2.45, 2.75) is 0 Å². The van der Waals surface area contributed by atoms with Crippen molar-refractivity contribution in [3.05, 3.63) is 42.1 Å². The van der Waals surface area contributed by atoms with E-state index in [1.807, 2.05) is 0 Å². The molecule has 0 aliphatic carbocycles. The van der Waals surface area contributed by atoms with Gasteiger partial charge in [-0.3, -0.25) is 0 Å². The Hall–Kier alpha value is -2.90. The van der Waals surface area contributed by atoms with Crippen LogP contribution in [0.25, 0.3) is 39.1 Å². The summed E-state index contributed by atoms with van der Waals surface area (Å²) in [6.45, 7) is 1.91. The molecule has 0 spiro atoms. The molecule has 4 heterocycles. The summed E-state index contributed by atoms with van der Waals surface area (Å²) < 4.78 is 0. The Kier molecular flexibility index (Phi) is 10.3. The van der Waals surface area contributed by atoms with Gasteiger partial charge in [-0.05, 0) is 12.7 Å². The van der Waals surface area contributed by atoms with Crippen LogP contribution in [0.15, 0.2) is 25.3 Å². The molecule has 0 unspecified atom stereocenters. The first-order chi connectivity index (χ1) is 13.2. The first-order valence-electron chi connectivity index (χ1n) is 7.77. The van der Waals surface area contributed by atoms with E-state index in [4.69, 9.17) is 22.9 Å². The summed E-state index contributed by atoms with van der Waals surface area (Å²) in [5.41, 5.74) is 26.4. The van der Waals surface area contributed by atoms with Gasteiger partial charge in [0.25, 0.3) is 0 Å². The molecule has 0 aliphatic heterocycles. The van der Waals surface area contributed by atoms with Crippen LogP contribution in [0.2, 0.25) is 0 Å². The number of rotatable bonds is 4. The van der Waals surface area contributed by atoms with Crippen molar-refractivity contribution in [2.75, 3.05) is 37.6 Å². The van der Waals surface area contributed by atoms with Crippen LogP contribution < -0.4 is 21.4 Å². The summed E-state index contributed by atoms with van der Waals surface area (Å²) in [6.07, 6.45) is 5.56. The van der Waals surface area contributed by atoms with Crippen LogP contribution in [0.5, 0.6) is 0 Å². The molecule has 0 fully saturated rings. The average Bonchev–Trinajstić information content (AvgIpc) is 3.34. The number of imidazole rings is 2. The van der Waals surface area contributed by atoms with Gasteiger partial charge in [0.1, 0.15) is 11.6 Å². The number of fused-ring (bicyclic) bond motifs is 2. The quantitative estimate of drug-likeness (QED) is 0.338. The molecular weight excluding hydrogens is 414 g/mol. The molecule has 13 nitrogen and oxygen atoms in total. The third kappa shape index (κ3) is 6.68. The number of nitrogens with zero attached hydrogens (tertiary/aromatic N) is 9. The summed E-state index contributed by atoms with van der Waals surface area (Å²) in [6, 6.07) is 0. The van der Waals surface area contributed by atoms with Gasteiger partial charge in [0, 0.05) is 52.1 Å². The fraction of sp³-hybridized carbons (Fsp3) is 0.286. The second kappa shape index (κ2) is 12.5. The van der Waals surface area contributed by atoms with E-state index in [-0.39, 0.29) is 17.1 Å². The number of nitrogen functional groups attached to an aromatic ring is 2. The van der Waals surface area contributed by atoms with E-state index in [2.05, 4.69) is 45.2 Å². The maximum absolute atomic E-state index is 6.63. The molecule has 0 saturated heterocycles. The maximum Gasteiger partial charge on any atom is 0.134 e. The van der Waals surface area contributed by atoms with Gasteiger partial charge in [-0.25, -0.2) is 9.97 Å². The molecule has 1 radical (unpaired) electrons. The second-order valence-electron chi connectivity index (χ2n) is 4.78. The molecule has 4 aromatic rings. The van der Waals surface area contributed by atoms with Crippen LogP contribution in [0.4, 0.5) is 11.6 Å². The van der Waals surface area contributed by atoms with E-state index in [0.29, 0.717) is 60.1 Å². The zero-order valence-corrected chi connectivity index (χ0v) is 15.6. The van der Waals surface area contributed by atoms with Crippen LogP contribution >= 0.6 is 0 Å². The van der Waals surface area contributed by atoms with Gasteiger partial charge in [-0.2, -0.15) is 26.2 Å². The van der Waals surface area contributed by atoms with E-state index >= 15 is 0 Å². The van der Waals surface area contributed by atoms with Crippen molar-refractivity contribution in [2.24, 2.45) is 0 Å². The SMILES string of the molecule is Nc1ncnc2[n-]cnc12.Nc1ncnc2[n-]cnc12.[Cu].[NH-]CC[N-]CC[NH-]. The van der Waals surface area contributed by atoms with Crippen molar-refractivity contribution < 1.29 is 17.1 Å². The summed E-state index contributed by atoms with van der Waals surface area (Å²) in [7, 11) is 0. The molecule has 0 bridgehead atoms. The van der Waals surface area contributed by atoms with Crippen molar-refractivity contribution in [3.63, 3.8) is 0 Å². The molecule has 0 aliphatic rings. The molecular formula is C14H18CuN13-5. The van der Waals surface area contributed by atoms with E-state index in [1.54, 1.807) is 0 Å². The Bertz CT molecular complexity index is 861. The van der Waals surface area contributed by atoms with E-state index in [1.165, 1.54) is 25.3 Å².